The molecule has 1 amide bonds. The number of amides is 1. The maximum absolute atomic E-state index is 12.2. The summed E-state index contributed by atoms with van der Waals surface area (Å²) in [5.74, 6) is -0.896. The van der Waals surface area contributed by atoms with Crippen molar-refractivity contribution in [2.75, 3.05) is 6.54 Å². The van der Waals surface area contributed by atoms with Crippen LogP contribution in [0.5, 0.6) is 0 Å². The molecule has 5 heteroatoms. The van der Waals surface area contributed by atoms with Crippen LogP contribution >= 0.6 is 11.6 Å². The second-order valence-corrected chi connectivity index (χ2v) is 5.21. The van der Waals surface area contributed by atoms with E-state index in [2.05, 4.69) is 0 Å². The Labute approximate surface area is 117 Å². The van der Waals surface area contributed by atoms with E-state index in [-0.39, 0.29) is 24.8 Å². The van der Waals surface area contributed by atoms with Crippen LogP contribution in [0.3, 0.4) is 0 Å². The highest BCUT2D eigenvalue weighted by atomic mass is 35.5. The molecule has 0 unspecified atom stereocenters. The molecule has 19 heavy (non-hydrogen) atoms. The molecule has 0 spiro atoms. The number of hydrogen-bond acceptors (Lipinski definition) is 2. The van der Waals surface area contributed by atoms with Gasteiger partial charge in [-0.15, -0.1) is 0 Å². The van der Waals surface area contributed by atoms with Gasteiger partial charge in [-0.3, -0.25) is 9.59 Å². The average molecular weight is 282 g/mol. The maximum atomic E-state index is 12.2. The summed E-state index contributed by atoms with van der Waals surface area (Å²) >= 11 is 5.88. The van der Waals surface area contributed by atoms with Gasteiger partial charge in [-0.1, -0.05) is 23.7 Å². The highest BCUT2D eigenvalue weighted by molar-refractivity contribution is 6.30. The van der Waals surface area contributed by atoms with Gasteiger partial charge in [0.05, 0.1) is 12.8 Å². The van der Waals surface area contributed by atoms with Gasteiger partial charge in [0, 0.05) is 17.6 Å². The molecular weight excluding hydrogens is 266 g/mol. The van der Waals surface area contributed by atoms with Gasteiger partial charge in [-0.2, -0.15) is 0 Å². The van der Waals surface area contributed by atoms with Gasteiger partial charge in [0.25, 0.3) is 0 Å². The monoisotopic (exact) mass is 281 g/mol. The van der Waals surface area contributed by atoms with Crippen LogP contribution in [-0.2, 0) is 16.0 Å². The molecule has 0 bridgehead atoms. The number of rotatable bonds is 6. The van der Waals surface area contributed by atoms with Crippen molar-refractivity contribution in [3.05, 3.63) is 34.9 Å². The topological polar surface area (TPSA) is 57.6 Å². The Balaban J connectivity index is 1.97. The standard InChI is InChI=1S/C14H16ClNO3/c15-11-3-1-2-10(8-11)9-13(17)16(12-4-5-12)7-6-14(18)19/h1-3,8,12H,4-7,9H2,(H,18,19). The Morgan fingerprint density at radius 1 is 1.37 bits per heavy atom. The molecule has 1 N–H and O–H groups in total. The molecule has 102 valence electrons. The van der Waals surface area contributed by atoms with Crippen molar-refractivity contribution in [2.45, 2.75) is 31.7 Å². The van der Waals surface area contributed by atoms with Crippen molar-refractivity contribution in [1.82, 2.24) is 4.90 Å². The second-order valence-electron chi connectivity index (χ2n) is 4.77. The van der Waals surface area contributed by atoms with Gasteiger partial charge < -0.3 is 10.0 Å². The third kappa shape index (κ3) is 4.24. The van der Waals surface area contributed by atoms with Crippen molar-refractivity contribution in [1.29, 1.82) is 0 Å². The summed E-state index contributed by atoms with van der Waals surface area (Å²) in [5.41, 5.74) is 0.860. The summed E-state index contributed by atoms with van der Waals surface area (Å²) in [6, 6.07) is 7.42. The van der Waals surface area contributed by atoms with E-state index in [0.29, 0.717) is 11.6 Å². The first-order valence-electron chi connectivity index (χ1n) is 6.32. The zero-order valence-corrected chi connectivity index (χ0v) is 11.3. The summed E-state index contributed by atoms with van der Waals surface area (Å²) in [7, 11) is 0. The lowest BCUT2D eigenvalue weighted by atomic mass is 10.1. The molecule has 0 saturated heterocycles. The van der Waals surface area contributed by atoms with Gasteiger partial charge in [-0.25, -0.2) is 0 Å². The van der Waals surface area contributed by atoms with Crippen molar-refractivity contribution >= 4 is 23.5 Å². The third-order valence-electron chi connectivity index (χ3n) is 3.12. The normalized spacial score (nSPS) is 14.2. The summed E-state index contributed by atoms with van der Waals surface area (Å²) in [4.78, 5) is 24.5. The molecule has 1 fully saturated rings. The number of hydrogen-bond donors (Lipinski definition) is 1. The number of carbonyl (C=O) groups is 2. The quantitative estimate of drug-likeness (QED) is 0.871. The molecule has 0 aromatic heterocycles. The van der Waals surface area contributed by atoms with Crippen LogP contribution in [0.4, 0.5) is 0 Å². The molecule has 0 heterocycles. The predicted molar refractivity (Wildman–Crippen MR) is 72.1 cm³/mol. The lowest BCUT2D eigenvalue weighted by Gasteiger charge is -2.21. The fraction of sp³-hybridized carbons (Fsp3) is 0.429. The fourth-order valence-electron chi connectivity index (χ4n) is 2.04. The molecule has 1 aliphatic carbocycles. The van der Waals surface area contributed by atoms with E-state index >= 15 is 0 Å². The summed E-state index contributed by atoms with van der Waals surface area (Å²) in [6.45, 7) is 0.291. The van der Waals surface area contributed by atoms with E-state index < -0.39 is 5.97 Å². The van der Waals surface area contributed by atoms with E-state index in [4.69, 9.17) is 16.7 Å². The first-order valence-corrected chi connectivity index (χ1v) is 6.70. The number of nitrogens with zero attached hydrogens (tertiary/aromatic N) is 1. The molecule has 1 aromatic carbocycles. The molecule has 0 radical (unpaired) electrons. The van der Waals surface area contributed by atoms with Crippen LogP contribution in [0.2, 0.25) is 5.02 Å². The van der Waals surface area contributed by atoms with Gasteiger partial charge >= 0.3 is 5.97 Å². The van der Waals surface area contributed by atoms with E-state index in [0.717, 1.165) is 18.4 Å². The van der Waals surface area contributed by atoms with Crippen LogP contribution in [-0.4, -0.2) is 34.5 Å². The average Bonchev–Trinajstić information content (AvgIpc) is 3.13. The fourth-order valence-corrected chi connectivity index (χ4v) is 2.25. The van der Waals surface area contributed by atoms with Gasteiger partial charge in [0.15, 0.2) is 0 Å². The zero-order valence-electron chi connectivity index (χ0n) is 10.5. The van der Waals surface area contributed by atoms with Crippen molar-refractivity contribution in [3.8, 4) is 0 Å². The van der Waals surface area contributed by atoms with Crippen molar-refractivity contribution in [2.24, 2.45) is 0 Å². The van der Waals surface area contributed by atoms with Crippen LogP contribution in [0.15, 0.2) is 24.3 Å². The Hall–Kier alpha value is -1.55. The molecule has 1 saturated carbocycles. The van der Waals surface area contributed by atoms with Gasteiger partial charge in [0.2, 0.25) is 5.91 Å². The van der Waals surface area contributed by atoms with Gasteiger partial charge in [-0.05, 0) is 30.5 Å². The SMILES string of the molecule is O=C(O)CCN(C(=O)Cc1cccc(Cl)c1)C1CC1. The predicted octanol–water partition coefficient (Wildman–Crippen LogP) is 2.35. The number of carboxylic acids is 1. The van der Waals surface area contributed by atoms with E-state index in [1.165, 1.54) is 0 Å². The molecule has 0 atom stereocenters. The minimum atomic E-state index is -0.874. The Bertz CT molecular complexity index is 485. The third-order valence-corrected chi connectivity index (χ3v) is 3.35. The van der Waals surface area contributed by atoms with Crippen LogP contribution < -0.4 is 0 Å². The lowest BCUT2D eigenvalue weighted by Crippen LogP contribution is -2.36. The molecular formula is C14H16ClNO3. The first-order chi connectivity index (χ1) is 9.06. The van der Waals surface area contributed by atoms with E-state index in [1.54, 1.807) is 17.0 Å². The van der Waals surface area contributed by atoms with E-state index in [9.17, 15) is 9.59 Å². The van der Waals surface area contributed by atoms with Crippen LogP contribution in [0, 0.1) is 0 Å². The van der Waals surface area contributed by atoms with Crippen molar-refractivity contribution in [3.63, 3.8) is 0 Å². The molecule has 0 aliphatic heterocycles. The first kappa shape index (κ1) is 13.9. The summed E-state index contributed by atoms with van der Waals surface area (Å²) in [6.07, 6.45) is 2.22. The summed E-state index contributed by atoms with van der Waals surface area (Å²) in [5, 5.41) is 9.32. The molecule has 1 aliphatic rings. The minimum Gasteiger partial charge on any atom is -0.481 e. The Morgan fingerprint density at radius 3 is 2.68 bits per heavy atom. The number of halogens is 1. The van der Waals surface area contributed by atoms with Crippen LogP contribution in [0.1, 0.15) is 24.8 Å². The highest BCUT2D eigenvalue weighted by Crippen LogP contribution is 2.27. The maximum Gasteiger partial charge on any atom is 0.305 e. The molecule has 2 rings (SSSR count). The van der Waals surface area contributed by atoms with Crippen LogP contribution in [0.25, 0.3) is 0 Å². The molecule has 4 nitrogen and oxygen atoms in total. The minimum absolute atomic E-state index is 0.00220. The number of carboxylic acid groups (broad SMARTS) is 1. The van der Waals surface area contributed by atoms with E-state index in [1.807, 2.05) is 12.1 Å². The summed E-state index contributed by atoms with van der Waals surface area (Å²) < 4.78 is 0. The van der Waals surface area contributed by atoms with Gasteiger partial charge in [0.1, 0.15) is 0 Å². The number of carbonyl (C=O) groups excluding carboxylic acids is 1. The smallest absolute Gasteiger partial charge is 0.305 e. The second kappa shape index (κ2) is 6.06. The Morgan fingerprint density at radius 2 is 2.11 bits per heavy atom. The molecule has 1 aromatic rings. The lowest BCUT2D eigenvalue weighted by molar-refractivity contribution is -0.138. The number of benzene rings is 1. The zero-order chi connectivity index (χ0) is 13.8. The van der Waals surface area contributed by atoms with Crippen molar-refractivity contribution < 1.29 is 14.7 Å². The Kier molecular flexibility index (Phi) is 4.43. The largest absolute Gasteiger partial charge is 0.481 e. The number of aliphatic carboxylic acids is 1. The highest BCUT2D eigenvalue weighted by Gasteiger charge is 2.32.